The molecule has 1 aromatic rings. The van der Waals surface area contributed by atoms with E-state index >= 15 is 0 Å². The van der Waals surface area contributed by atoms with Gasteiger partial charge in [0.1, 0.15) is 11.4 Å². The van der Waals surface area contributed by atoms with Crippen LogP contribution in [-0.4, -0.2) is 76.4 Å². The number of hydrogen-bond acceptors (Lipinski definition) is 7. The monoisotopic (exact) mass is 310 g/mol. The topological polar surface area (TPSA) is 73.9 Å². The van der Waals surface area contributed by atoms with Crippen molar-refractivity contribution in [2.24, 2.45) is 0 Å². The van der Waals surface area contributed by atoms with E-state index < -0.39 is 10.9 Å². The van der Waals surface area contributed by atoms with Crippen molar-refractivity contribution in [2.75, 3.05) is 77.2 Å². The number of morpholine rings is 1. The zero-order chi connectivity index (χ0) is 15.9. The highest BCUT2D eigenvalue weighted by atomic mass is 16.5. The third-order valence-electron chi connectivity index (χ3n) is 3.83. The van der Waals surface area contributed by atoms with Crippen LogP contribution in [0.5, 0.6) is 0 Å². The molecule has 7 heteroatoms. The van der Waals surface area contributed by atoms with Crippen molar-refractivity contribution in [3.05, 3.63) is 20.4 Å². The molecule has 0 unspecified atom stereocenters. The third kappa shape index (κ3) is 4.53. The summed E-state index contributed by atoms with van der Waals surface area (Å²) >= 11 is 0. The van der Waals surface area contributed by atoms with Gasteiger partial charge in [-0.05, 0) is 27.1 Å². The fourth-order valence-electron chi connectivity index (χ4n) is 2.47. The number of anilines is 2. The van der Waals surface area contributed by atoms with E-state index in [1.165, 1.54) is 0 Å². The second-order valence-electron chi connectivity index (χ2n) is 5.87. The zero-order valence-electron chi connectivity index (χ0n) is 13.5. The predicted octanol–water partition coefficient (Wildman–Crippen LogP) is -0.610. The Labute approximate surface area is 130 Å². The van der Waals surface area contributed by atoms with Crippen molar-refractivity contribution >= 4 is 11.4 Å². The second kappa shape index (κ2) is 8.26. The van der Waals surface area contributed by atoms with Crippen LogP contribution >= 0.6 is 0 Å². The lowest BCUT2D eigenvalue weighted by Crippen LogP contribution is -2.39. The van der Waals surface area contributed by atoms with Crippen molar-refractivity contribution in [3.63, 3.8) is 0 Å². The van der Waals surface area contributed by atoms with Crippen molar-refractivity contribution < 1.29 is 4.74 Å². The maximum Gasteiger partial charge on any atom is 0.253 e. The fraction of sp³-hybridized carbons (Fsp3) is 0.733. The molecule has 2 rings (SSSR count). The average Bonchev–Trinajstić information content (AvgIpc) is 2.52. The number of ether oxygens (including phenoxy) is 1. The normalized spacial score (nSPS) is 16.3. The van der Waals surface area contributed by atoms with Crippen LogP contribution in [0.2, 0.25) is 0 Å². The standard InChI is InChI=1S/C15H26N4O3/c1-18(2)7-5-17-13-12(14(20)15(13)21)16-4-3-6-19-8-10-22-11-9-19/h16-17H,3-11H2,1-2H3. The lowest BCUT2D eigenvalue weighted by Gasteiger charge is -2.26. The molecule has 0 amide bonds. The Kier molecular flexibility index (Phi) is 6.35. The van der Waals surface area contributed by atoms with Crippen LogP contribution in [-0.2, 0) is 4.74 Å². The van der Waals surface area contributed by atoms with E-state index in [1.54, 1.807) is 0 Å². The number of nitrogens with zero attached hydrogens (tertiary/aromatic N) is 2. The summed E-state index contributed by atoms with van der Waals surface area (Å²) < 4.78 is 5.31. The van der Waals surface area contributed by atoms with Crippen LogP contribution in [0.15, 0.2) is 9.59 Å². The summed E-state index contributed by atoms with van der Waals surface area (Å²) in [4.78, 5) is 27.6. The molecule has 1 aliphatic rings. The van der Waals surface area contributed by atoms with Crippen LogP contribution in [0.25, 0.3) is 0 Å². The van der Waals surface area contributed by atoms with Crippen molar-refractivity contribution in [1.82, 2.24) is 9.80 Å². The second-order valence-corrected chi connectivity index (χ2v) is 5.87. The highest BCUT2D eigenvalue weighted by molar-refractivity contribution is 5.73. The van der Waals surface area contributed by atoms with Gasteiger partial charge in [-0.15, -0.1) is 0 Å². The van der Waals surface area contributed by atoms with Crippen LogP contribution in [0.4, 0.5) is 11.4 Å². The lowest BCUT2D eigenvalue weighted by molar-refractivity contribution is 0.0378. The Hall–Kier alpha value is -1.44. The Morgan fingerprint density at radius 3 is 2.23 bits per heavy atom. The summed E-state index contributed by atoms with van der Waals surface area (Å²) in [7, 11) is 3.93. The van der Waals surface area contributed by atoms with Gasteiger partial charge in [-0.3, -0.25) is 14.5 Å². The van der Waals surface area contributed by atoms with Gasteiger partial charge in [0.15, 0.2) is 0 Å². The Balaban J connectivity index is 1.71. The van der Waals surface area contributed by atoms with E-state index in [-0.39, 0.29) is 0 Å². The summed E-state index contributed by atoms with van der Waals surface area (Å²) in [6.45, 7) is 6.68. The van der Waals surface area contributed by atoms with Crippen molar-refractivity contribution in [2.45, 2.75) is 6.42 Å². The van der Waals surface area contributed by atoms with E-state index in [0.29, 0.717) is 24.5 Å². The van der Waals surface area contributed by atoms with E-state index in [1.807, 2.05) is 19.0 Å². The van der Waals surface area contributed by atoms with E-state index in [2.05, 4.69) is 15.5 Å². The molecule has 22 heavy (non-hydrogen) atoms. The van der Waals surface area contributed by atoms with Gasteiger partial charge in [0, 0.05) is 32.7 Å². The molecule has 0 radical (unpaired) electrons. The van der Waals surface area contributed by atoms with Gasteiger partial charge in [-0.25, -0.2) is 0 Å². The molecule has 1 fully saturated rings. The fourth-order valence-corrected chi connectivity index (χ4v) is 2.47. The number of hydrogen-bond donors (Lipinski definition) is 2. The minimum Gasteiger partial charge on any atom is -0.380 e. The largest absolute Gasteiger partial charge is 0.380 e. The average molecular weight is 310 g/mol. The number of likely N-dealkylation sites (N-methyl/N-ethyl adjacent to an activating group) is 1. The van der Waals surface area contributed by atoms with Gasteiger partial charge in [0.2, 0.25) is 0 Å². The lowest BCUT2D eigenvalue weighted by atomic mass is 10.2. The van der Waals surface area contributed by atoms with Crippen molar-refractivity contribution in [1.29, 1.82) is 0 Å². The predicted molar refractivity (Wildman–Crippen MR) is 88.8 cm³/mol. The van der Waals surface area contributed by atoms with Gasteiger partial charge in [0.05, 0.1) is 13.2 Å². The van der Waals surface area contributed by atoms with Gasteiger partial charge in [-0.1, -0.05) is 0 Å². The molecule has 124 valence electrons. The SMILES string of the molecule is CN(C)CCNc1c(NCCCN2CCOCC2)c(=O)c1=O. The zero-order valence-corrected chi connectivity index (χ0v) is 13.5. The van der Waals surface area contributed by atoms with Crippen molar-refractivity contribution in [3.8, 4) is 0 Å². The van der Waals surface area contributed by atoms with Crippen LogP contribution in [0.3, 0.4) is 0 Å². The summed E-state index contributed by atoms with van der Waals surface area (Å²) in [5.41, 5.74) is 0.0807. The van der Waals surface area contributed by atoms with E-state index in [4.69, 9.17) is 4.74 Å². The molecule has 0 aliphatic carbocycles. The summed E-state index contributed by atoms with van der Waals surface area (Å²) in [5.74, 6) is 0. The molecule has 1 heterocycles. The Bertz CT molecular complexity index is 531. The van der Waals surface area contributed by atoms with Gasteiger partial charge in [0.25, 0.3) is 10.9 Å². The molecule has 7 nitrogen and oxygen atoms in total. The molecule has 0 saturated carbocycles. The molecule has 2 N–H and O–H groups in total. The first-order valence-electron chi connectivity index (χ1n) is 7.85. The van der Waals surface area contributed by atoms with Crippen LogP contribution in [0, 0.1) is 0 Å². The molecule has 1 saturated heterocycles. The first-order valence-corrected chi connectivity index (χ1v) is 7.85. The minimum absolute atomic E-state index is 0.404. The molecule has 1 aromatic carbocycles. The van der Waals surface area contributed by atoms with Gasteiger partial charge >= 0.3 is 0 Å². The number of rotatable bonds is 9. The molecule has 0 atom stereocenters. The molecular weight excluding hydrogens is 284 g/mol. The smallest absolute Gasteiger partial charge is 0.253 e. The highest BCUT2D eigenvalue weighted by Crippen LogP contribution is 2.13. The Morgan fingerprint density at radius 1 is 1.05 bits per heavy atom. The maximum atomic E-state index is 11.6. The molecular formula is C15H26N4O3. The minimum atomic E-state index is -0.408. The van der Waals surface area contributed by atoms with Crippen LogP contribution in [0.1, 0.15) is 6.42 Å². The maximum absolute atomic E-state index is 11.6. The third-order valence-corrected chi connectivity index (χ3v) is 3.83. The Morgan fingerprint density at radius 2 is 1.64 bits per heavy atom. The number of nitrogens with one attached hydrogen (secondary N) is 2. The quantitative estimate of drug-likeness (QED) is 0.465. The van der Waals surface area contributed by atoms with E-state index in [0.717, 1.165) is 45.8 Å². The highest BCUT2D eigenvalue weighted by Gasteiger charge is 2.20. The van der Waals surface area contributed by atoms with Crippen LogP contribution < -0.4 is 21.5 Å². The summed E-state index contributed by atoms with van der Waals surface area (Å²) in [5, 5.41) is 6.15. The molecule has 1 aliphatic heterocycles. The molecule has 0 aromatic heterocycles. The summed E-state index contributed by atoms with van der Waals surface area (Å²) in [6.07, 6.45) is 0.940. The first kappa shape index (κ1) is 16.9. The van der Waals surface area contributed by atoms with Gasteiger partial charge < -0.3 is 20.3 Å². The van der Waals surface area contributed by atoms with Gasteiger partial charge in [-0.2, -0.15) is 0 Å². The first-order chi connectivity index (χ1) is 10.6. The summed E-state index contributed by atoms with van der Waals surface area (Å²) in [6, 6.07) is 0. The van der Waals surface area contributed by atoms with E-state index in [9.17, 15) is 9.59 Å². The molecule has 0 spiro atoms. The molecule has 0 bridgehead atoms.